The Bertz CT molecular complexity index is 987. The molecule has 1 saturated carbocycles. The molecule has 1 fully saturated rings. The van der Waals surface area contributed by atoms with Gasteiger partial charge < -0.3 is 0 Å². The lowest BCUT2D eigenvalue weighted by molar-refractivity contribution is -0.665. The van der Waals surface area contributed by atoms with E-state index in [1.54, 1.807) is 0 Å². The van der Waals surface area contributed by atoms with Crippen LogP contribution in [0.15, 0.2) is 48.5 Å². The largest absolute Gasteiger partial charge is 0.220 e. The molecule has 140 valence electrons. The molecule has 1 heteroatoms. The van der Waals surface area contributed by atoms with Crippen LogP contribution in [0.3, 0.4) is 0 Å². The van der Waals surface area contributed by atoms with Crippen molar-refractivity contribution in [3.8, 4) is 11.3 Å². The lowest BCUT2D eigenvalue weighted by Crippen LogP contribution is -2.35. The fraction of sp³-hybridized carbons (Fsp3) is 0.423. The minimum atomic E-state index is 0.524. The van der Waals surface area contributed by atoms with Crippen LogP contribution in [0.4, 0.5) is 0 Å². The third-order valence-electron chi connectivity index (χ3n) is 6.77. The van der Waals surface area contributed by atoms with Crippen LogP contribution < -0.4 is 4.57 Å². The third-order valence-corrected chi connectivity index (χ3v) is 6.77. The van der Waals surface area contributed by atoms with Crippen molar-refractivity contribution in [3.05, 3.63) is 65.4 Å². The number of rotatable bonds is 2. The normalized spacial score (nSPS) is 17.4. The third kappa shape index (κ3) is 3.40. The maximum atomic E-state index is 2.47. The fourth-order valence-corrected chi connectivity index (χ4v) is 4.75. The van der Waals surface area contributed by atoms with Gasteiger partial charge in [-0.1, -0.05) is 44.2 Å². The van der Waals surface area contributed by atoms with Crippen molar-refractivity contribution in [2.75, 3.05) is 0 Å². The van der Waals surface area contributed by atoms with Crippen molar-refractivity contribution in [2.45, 2.75) is 59.3 Å². The van der Waals surface area contributed by atoms with Crippen molar-refractivity contribution in [1.29, 1.82) is 0 Å². The van der Waals surface area contributed by atoms with Crippen molar-refractivity contribution in [1.82, 2.24) is 0 Å². The Kier molecular flexibility index (Phi) is 4.58. The van der Waals surface area contributed by atoms with E-state index in [1.165, 1.54) is 64.5 Å². The molecule has 0 radical (unpaired) electrons. The van der Waals surface area contributed by atoms with Gasteiger partial charge in [-0.3, -0.25) is 0 Å². The molecule has 3 aromatic rings. The van der Waals surface area contributed by atoms with Gasteiger partial charge in [0.15, 0.2) is 5.69 Å². The average molecular weight is 359 g/mol. The van der Waals surface area contributed by atoms with E-state index in [0.29, 0.717) is 5.41 Å². The molecular formula is C26H32N+. The average Bonchev–Trinajstić information content (AvgIpc) is 2.63. The number of hydrogen-bond donors (Lipinski definition) is 0. The van der Waals surface area contributed by atoms with E-state index < -0.39 is 0 Å². The number of benzene rings is 2. The molecule has 1 aromatic heterocycles. The highest BCUT2D eigenvalue weighted by Crippen LogP contribution is 2.43. The first-order valence-corrected chi connectivity index (χ1v) is 10.3. The predicted octanol–water partition coefficient (Wildman–Crippen LogP) is 6.63. The zero-order chi connectivity index (χ0) is 19.2. The Morgan fingerprint density at radius 2 is 1.63 bits per heavy atom. The molecule has 1 nitrogen and oxygen atoms in total. The van der Waals surface area contributed by atoms with Gasteiger partial charge in [0.1, 0.15) is 7.05 Å². The molecule has 0 aliphatic heterocycles. The van der Waals surface area contributed by atoms with Crippen LogP contribution in [-0.2, 0) is 7.05 Å². The molecule has 1 aliphatic rings. The van der Waals surface area contributed by atoms with Crippen LogP contribution in [-0.4, -0.2) is 0 Å². The highest BCUT2D eigenvalue weighted by atomic mass is 14.9. The van der Waals surface area contributed by atoms with Gasteiger partial charge in [-0.2, -0.15) is 4.57 Å². The number of nitrogens with zero attached hydrogens (tertiary/aromatic N) is 1. The van der Waals surface area contributed by atoms with Crippen LogP contribution in [0.5, 0.6) is 0 Å². The van der Waals surface area contributed by atoms with Crippen LogP contribution in [0.2, 0.25) is 0 Å². The van der Waals surface area contributed by atoms with Gasteiger partial charge in [0.25, 0.3) is 0 Å². The van der Waals surface area contributed by atoms with Crippen LogP contribution in [0.25, 0.3) is 22.0 Å². The number of fused-ring (bicyclic) bond motifs is 1. The number of hydrogen-bond acceptors (Lipinski definition) is 0. The number of pyridine rings is 1. The lowest BCUT2D eigenvalue weighted by atomic mass is 9.71. The zero-order valence-electron chi connectivity index (χ0n) is 17.5. The summed E-state index contributed by atoms with van der Waals surface area (Å²) in [5.74, 6) is 0.721. The first kappa shape index (κ1) is 18.2. The van der Waals surface area contributed by atoms with Crippen LogP contribution in [0, 0.1) is 19.3 Å². The Morgan fingerprint density at radius 1 is 0.926 bits per heavy atom. The fourth-order valence-electron chi connectivity index (χ4n) is 4.75. The highest BCUT2D eigenvalue weighted by Gasteiger charge is 2.28. The van der Waals surface area contributed by atoms with E-state index >= 15 is 0 Å². The van der Waals surface area contributed by atoms with E-state index in [-0.39, 0.29) is 0 Å². The summed E-state index contributed by atoms with van der Waals surface area (Å²) in [5.41, 5.74) is 7.36. The van der Waals surface area contributed by atoms with Crippen molar-refractivity contribution < 1.29 is 4.57 Å². The van der Waals surface area contributed by atoms with Gasteiger partial charge in [0, 0.05) is 18.6 Å². The minimum absolute atomic E-state index is 0.524. The maximum Gasteiger partial charge on any atom is 0.220 e. The summed E-state index contributed by atoms with van der Waals surface area (Å²) in [6, 6.07) is 18.3. The molecule has 1 aliphatic carbocycles. The van der Waals surface area contributed by atoms with E-state index in [1.807, 2.05) is 0 Å². The molecule has 0 amide bonds. The van der Waals surface area contributed by atoms with Gasteiger partial charge in [0.2, 0.25) is 5.69 Å². The van der Waals surface area contributed by atoms with Crippen LogP contribution in [0.1, 0.15) is 62.3 Å². The van der Waals surface area contributed by atoms with Gasteiger partial charge >= 0.3 is 0 Å². The Balaban J connectivity index is 1.82. The molecule has 0 bridgehead atoms. The van der Waals surface area contributed by atoms with E-state index in [9.17, 15) is 0 Å². The maximum absolute atomic E-state index is 2.47. The molecular weight excluding hydrogens is 326 g/mol. The predicted molar refractivity (Wildman–Crippen MR) is 115 cm³/mol. The van der Waals surface area contributed by atoms with E-state index in [4.69, 9.17) is 0 Å². The Morgan fingerprint density at radius 3 is 2.33 bits per heavy atom. The first-order valence-electron chi connectivity index (χ1n) is 10.3. The molecule has 0 spiro atoms. The summed E-state index contributed by atoms with van der Waals surface area (Å²) >= 11 is 0. The summed E-state index contributed by atoms with van der Waals surface area (Å²) in [6.45, 7) is 9.27. The van der Waals surface area contributed by atoms with Crippen molar-refractivity contribution >= 4 is 10.8 Å². The SMILES string of the molecule is Cc1ccccc1-c1c2ccc(C3CCC(C)(C)CC3)cc2cc(C)[n+]1C. The zero-order valence-corrected chi connectivity index (χ0v) is 17.5. The Labute approximate surface area is 164 Å². The molecule has 2 aromatic carbocycles. The molecule has 0 unspecified atom stereocenters. The topological polar surface area (TPSA) is 3.88 Å². The summed E-state index contributed by atoms with van der Waals surface area (Å²) in [4.78, 5) is 0. The minimum Gasteiger partial charge on any atom is -0.198 e. The summed E-state index contributed by atoms with van der Waals surface area (Å²) in [6.07, 6.45) is 5.32. The van der Waals surface area contributed by atoms with Gasteiger partial charge in [0.05, 0.1) is 5.39 Å². The second-order valence-electron chi connectivity index (χ2n) is 9.29. The number of aromatic nitrogens is 1. The smallest absolute Gasteiger partial charge is 0.198 e. The number of aryl methyl sites for hydroxylation is 2. The molecule has 1 heterocycles. The van der Waals surface area contributed by atoms with Crippen molar-refractivity contribution in [3.63, 3.8) is 0 Å². The molecule has 4 rings (SSSR count). The molecule has 27 heavy (non-hydrogen) atoms. The Hall–Kier alpha value is -2.15. The van der Waals surface area contributed by atoms with Crippen molar-refractivity contribution in [2.24, 2.45) is 12.5 Å². The summed E-state index contributed by atoms with van der Waals surface area (Å²) in [7, 11) is 2.19. The molecule has 0 atom stereocenters. The summed E-state index contributed by atoms with van der Waals surface area (Å²) in [5, 5.41) is 2.74. The van der Waals surface area contributed by atoms with E-state index in [2.05, 4.69) is 87.8 Å². The second-order valence-corrected chi connectivity index (χ2v) is 9.29. The second kappa shape index (κ2) is 6.78. The quantitative estimate of drug-likeness (QED) is 0.453. The molecule has 0 N–H and O–H groups in total. The first-order chi connectivity index (χ1) is 12.9. The van der Waals surface area contributed by atoms with Gasteiger partial charge in [-0.05, 0) is 72.6 Å². The monoisotopic (exact) mass is 358 g/mol. The van der Waals surface area contributed by atoms with Crippen LogP contribution >= 0.6 is 0 Å². The van der Waals surface area contributed by atoms with Gasteiger partial charge in [-0.15, -0.1) is 0 Å². The standard InChI is InChI=1S/C26H32N/c1-18-8-6-7-9-23(18)25-24-11-10-21(17-22(24)16-19(2)27(25)5)20-12-14-26(3,4)15-13-20/h6-11,16-17,20H,12-15H2,1-5H3/q+1. The van der Waals surface area contributed by atoms with E-state index in [0.717, 1.165) is 5.92 Å². The lowest BCUT2D eigenvalue weighted by Gasteiger charge is -2.34. The highest BCUT2D eigenvalue weighted by molar-refractivity contribution is 5.94. The molecule has 0 saturated heterocycles. The van der Waals surface area contributed by atoms with Gasteiger partial charge in [-0.25, -0.2) is 0 Å². The summed E-state index contributed by atoms with van der Waals surface area (Å²) < 4.78 is 2.34.